The molecule has 0 fully saturated rings. The fraction of sp³-hybridized carbons (Fsp3) is 0.688. The molecule has 0 spiro atoms. The van der Waals surface area contributed by atoms with Gasteiger partial charge in [0.05, 0.1) is 0 Å². The third kappa shape index (κ3) is 5.02. The van der Waals surface area contributed by atoms with E-state index in [1.54, 1.807) is 0 Å². The van der Waals surface area contributed by atoms with Gasteiger partial charge in [0.1, 0.15) is 5.82 Å². The Labute approximate surface area is 123 Å². The molecule has 0 radical (unpaired) electrons. The van der Waals surface area contributed by atoms with Gasteiger partial charge in [-0.3, -0.25) is 0 Å². The van der Waals surface area contributed by atoms with Gasteiger partial charge in [-0.2, -0.15) is 0 Å². The van der Waals surface area contributed by atoms with Gasteiger partial charge in [0, 0.05) is 24.7 Å². The van der Waals surface area contributed by atoms with E-state index in [2.05, 4.69) is 51.8 Å². The van der Waals surface area contributed by atoms with E-state index in [9.17, 15) is 0 Å². The van der Waals surface area contributed by atoms with Crippen molar-refractivity contribution in [3.05, 3.63) is 23.4 Å². The van der Waals surface area contributed by atoms with E-state index in [4.69, 9.17) is 16.6 Å². The molecule has 0 aliphatic heterocycles. The Morgan fingerprint density at radius 2 is 1.95 bits per heavy atom. The lowest BCUT2D eigenvalue weighted by Crippen LogP contribution is -2.31. The summed E-state index contributed by atoms with van der Waals surface area (Å²) in [7, 11) is 2.13. The molecule has 0 aliphatic rings. The number of anilines is 1. The molecule has 1 unspecified atom stereocenters. The van der Waals surface area contributed by atoms with Gasteiger partial charge >= 0.3 is 0 Å². The van der Waals surface area contributed by atoms with Gasteiger partial charge in [0.15, 0.2) is 0 Å². The molecule has 108 valence electrons. The highest BCUT2D eigenvalue weighted by atomic mass is 35.5. The minimum absolute atomic E-state index is 0.493. The zero-order chi connectivity index (χ0) is 14.4. The first-order valence-corrected chi connectivity index (χ1v) is 7.80. The predicted octanol–water partition coefficient (Wildman–Crippen LogP) is 4.64. The van der Waals surface area contributed by atoms with Crippen molar-refractivity contribution in [2.75, 3.05) is 11.9 Å². The summed E-state index contributed by atoms with van der Waals surface area (Å²) in [4.78, 5) is 7.04. The van der Waals surface area contributed by atoms with Crippen LogP contribution < -0.4 is 4.90 Å². The van der Waals surface area contributed by atoms with Crippen LogP contribution in [0.25, 0.3) is 0 Å². The second-order valence-corrected chi connectivity index (χ2v) is 6.07. The summed E-state index contributed by atoms with van der Waals surface area (Å²) >= 11 is 5.99. The zero-order valence-corrected chi connectivity index (χ0v) is 13.7. The van der Waals surface area contributed by atoms with Gasteiger partial charge in [-0.25, -0.2) is 4.98 Å². The minimum Gasteiger partial charge on any atom is -0.357 e. The van der Waals surface area contributed by atoms with Gasteiger partial charge in [0.25, 0.3) is 0 Å². The monoisotopic (exact) mass is 282 g/mol. The summed E-state index contributed by atoms with van der Waals surface area (Å²) in [6.07, 6.45) is 3.31. The van der Waals surface area contributed by atoms with Gasteiger partial charge in [-0.1, -0.05) is 27.2 Å². The molecule has 1 aromatic heterocycles. The molecule has 0 aromatic carbocycles. The Morgan fingerprint density at radius 3 is 2.47 bits per heavy atom. The number of pyridine rings is 1. The number of rotatable bonds is 7. The van der Waals surface area contributed by atoms with Crippen molar-refractivity contribution in [2.24, 2.45) is 5.92 Å². The van der Waals surface area contributed by atoms with Crippen LogP contribution in [-0.2, 0) is 12.3 Å². The van der Waals surface area contributed by atoms with Crippen LogP contribution in [0.3, 0.4) is 0 Å². The maximum Gasteiger partial charge on any atom is 0.129 e. The van der Waals surface area contributed by atoms with Crippen molar-refractivity contribution in [3.8, 4) is 0 Å². The predicted molar refractivity (Wildman–Crippen MR) is 85.1 cm³/mol. The molecule has 1 aromatic rings. The molecule has 3 heteroatoms. The van der Waals surface area contributed by atoms with E-state index in [1.807, 2.05) is 0 Å². The molecule has 1 heterocycles. The van der Waals surface area contributed by atoms with Crippen LogP contribution in [0.1, 0.15) is 51.8 Å². The quantitative estimate of drug-likeness (QED) is 0.677. The molecular weight excluding hydrogens is 256 g/mol. The molecule has 0 amide bonds. The molecule has 2 nitrogen and oxygen atoms in total. The number of aryl methyl sites for hydroxylation is 1. The Bertz CT molecular complexity index is 390. The van der Waals surface area contributed by atoms with E-state index >= 15 is 0 Å². The molecule has 0 saturated heterocycles. The second-order valence-electron chi connectivity index (χ2n) is 5.80. The molecular formula is C16H27ClN2. The van der Waals surface area contributed by atoms with Crippen molar-refractivity contribution >= 4 is 17.4 Å². The summed E-state index contributed by atoms with van der Waals surface area (Å²) in [5, 5.41) is 0. The minimum atomic E-state index is 0.493. The summed E-state index contributed by atoms with van der Waals surface area (Å²) in [6, 6.07) is 4.73. The van der Waals surface area contributed by atoms with Crippen molar-refractivity contribution < 1.29 is 0 Å². The van der Waals surface area contributed by atoms with Crippen molar-refractivity contribution in [2.45, 2.75) is 58.9 Å². The van der Waals surface area contributed by atoms with Crippen molar-refractivity contribution in [3.63, 3.8) is 0 Å². The van der Waals surface area contributed by atoms with Gasteiger partial charge < -0.3 is 4.90 Å². The van der Waals surface area contributed by atoms with E-state index in [0.29, 0.717) is 17.8 Å². The summed E-state index contributed by atoms with van der Waals surface area (Å²) in [5.74, 6) is 2.30. The molecule has 19 heavy (non-hydrogen) atoms. The number of hydrogen-bond acceptors (Lipinski definition) is 2. The fourth-order valence-corrected chi connectivity index (χ4v) is 2.50. The average Bonchev–Trinajstić information content (AvgIpc) is 2.37. The maximum absolute atomic E-state index is 5.99. The van der Waals surface area contributed by atoms with Gasteiger partial charge in [0.2, 0.25) is 0 Å². The van der Waals surface area contributed by atoms with Crippen LogP contribution in [0.15, 0.2) is 12.1 Å². The van der Waals surface area contributed by atoms with Crippen LogP contribution >= 0.6 is 11.6 Å². The van der Waals surface area contributed by atoms with E-state index in [-0.39, 0.29) is 0 Å². The van der Waals surface area contributed by atoms with Crippen LogP contribution in [0, 0.1) is 5.92 Å². The first-order valence-electron chi connectivity index (χ1n) is 7.26. The lowest BCUT2D eigenvalue weighted by atomic mass is 10.0. The second kappa shape index (κ2) is 7.74. The van der Waals surface area contributed by atoms with Crippen LogP contribution in [0.5, 0.6) is 0 Å². The number of nitrogens with zero attached hydrogens (tertiary/aromatic N) is 2. The van der Waals surface area contributed by atoms with Crippen LogP contribution in [0.4, 0.5) is 5.82 Å². The molecule has 0 N–H and O–H groups in total. The highest BCUT2D eigenvalue weighted by Gasteiger charge is 2.14. The van der Waals surface area contributed by atoms with Crippen LogP contribution in [0.2, 0.25) is 0 Å². The highest BCUT2D eigenvalue weighted by molar-refractivity contribution is 6.17. The highest BCUT2D eigenvalue weighted by Crippen LogP contribution is 2.21. The van der Waals surface area contributed by atoms with Crippen molar-refractivity contribution in [1.29, 1.82) is 0 Å². The summed E-state index contributed by atoms with van der Waals surface area (Å²) < 4.78 is 0. The molecule has 0 saturated carbocycles. The van der Waals surface area contributed by atoms with E-state index in [1.165, 1.54) is 12.0 Å². The van der Waals surface area contributed by atoms with Crippen molar-refractivity contribution in [1.82, 2.24) is 4.98 Å². The molecule has 0 aliphatic carbocycles. The third-order valence-corrected chi connectivity index (χ3v) is 3.73. The third-order valence-electron chi connectivity index (χ3n) is 3.42. The standard InChI is InChI=1S/C16H27ClN2/c1-6-7-15-9-14(11-17)10-16(18-15)19(5)13(4)8-12(2)3/h9-10,12-13H,6-8,11H2,1-5H3. The Hall–Kier alpha value is -0.760. The zero-order valence-electron chi connectivity index (χ0n) is 12.9. The number of hydrogen-bond donors (Lipinski definition) is 0. The Morgan fingerprint density at radius 1 is 1.26 bits per heavy atom. The lowest BCUT2D eigenvalue weighted by Gasteiger charge is -2.28. The Balaban J connectivity index is 2.94. The molecule has 1 atom stereocenters. The van der Waals surface area contributed by atoms with Gasteiger partial charge in [-0.15, -0.1) is 11.6 Å². The largest absolute Gasteiger partial charge is 0.357 e. The maximum atomic E-state index is 5.99. The van der Waals surface area contributed by atoms with E-state index in [0.717, 1.165) is 24.4 Å². The summed E-state index contributed by atoms with van der Waals surface area (Å²) in [6.45, 7) is 8.96. The normalized spacial score (nSPS) is 12.8. The lowest BCUT2D eigenvalue weighted by molar-refractivity contribution is 0.502. The van der Waals surface area contributed by atoms with E-state index < -0.39 is 0 Å². The molecule has 0 bridgehead atoms. The molecule has 1 rings (SSSR count). The fourth-order valence-electron chi connectivity index (χ4n) is 2.34. The first kappa shape index (κ1) is 16.3. The van der Waals surface area contributed by atoms with Crippen LogP contribution in [-0.4, -0.2) is 18.1 Å². The van der Waals surface area contributed by atoms with Gasteiger partial charge in [-0.05, 0) is 43.4 Å². The first-order chi connectivity index (χ1) is 8.97. The SMILES string of the molecule is CCCc1cc(CCl)cc(N(C)C(C)CC(C)C)n1. The summed E-state index contributed by atoms with van der Waals surface area (Å²) in [5.41, 5.74) is 2.32. The smallest absolute Gasteiger partial charge is 0.129 e. The number of alkyl halides is 1. The topological polar surface area (TPSA) is 16.1 Å². The average molecular weight is 283 g/mol. The number of halogens is 1. The number of aromatic nitrogens is 1. The Kier molecular flexibility index (Phi) is 6.64.